The van der Waals surface area contributed by atoms with Gasteiger partial charge in [-0.2, -0.15) is 0 Å². The fourth-order valence-corrected chi connectivity index (χ4v) is 2.14. The predicted molar refractivity (Wildman–Crippen MR) is 95.4 cm³/mol. The molecule has 1 aromatic heterocycles. The predicted octanol–water partition coefficient (Wildman–Crippen LogP) is 4.80. The summed E-state index contributed by atoms with van der Waals surface area (Å²) in [5.74, 6) is 0. The monoisotopic (exact) mass is 291 g/mol. The maximum absolute atomic E-state index is 4.62. The number of allylic oxidation sites excluding steroid dienone is 1. The van der Waals surface area contributed by atoms with Crippen LogP contribution in [0.4, 0.5) is 5.69 Å². The molecule has 1 aromatic carbocycles. The first kappa shape index (κ1) is 15.8. The van der Waals surface area contributed by atoms with Gasteiger partial charge in [-0.1, -0.05) is 24.3 Å². The summed E-state index contributed by atoms with van der Waals surface area (Å²) in [6.07, 6.45) is 7.62. The molecule has 22 heavy (non-hydrogen) atoms. The van der Waals surface area contributed by atoms with Gasteiger partial charge in [0, 0.05) is 17.5 Å². The van der Waals surface area contributed by atoms with Gasteiger partial charge in [0.25, 0.3) is 0 Å². The molecule has 0 aliphatic rings. The lowest BCUT2D eigenvalue weighted by Gasteiger charge is -2.05. The maximum atomic E-state index is 4.62. The van der Waals surface area contributed by atoms with E-state index in [1.807, 2.05) is 50.4 Å². The van der Waals surface area contributed by atoms with Gasteiger partial charge in [0.1, 0.15) is 0 Å². The van der Waals surface area contributed by atoms with Gasteiger partial charge in [-0.05, 0) is 56.8 Å². The van der Waals surface area contributed by atoms with Crippen LogP contribution in [0, 0.1) is 6.92 Å². The highest BCUT2D eigenvalue weighted by molar-refractivity contribution is 5.94. The molecule has 0 spiro atoms. The molecule has 0 saturated carbocycles. The Kier molecular flexibility index (Phi) is 5.78. The van der Waals surface area contributed by atoms with Crippen molar-refractivity contribution >= 4 is 17.6 Å². The van der Waals surface area contributed by atoms with Gasteiger partial charge in [0.15, 0.2) is 0 Å². The highest BCUT2D eigenvalue weighted by Gasteiger charge is 2.03. The third-order valence-corrected chi connectivity index (χ3v) is 3.19. The highest BCUT2D eigenvalue weighted by atomic mass is 14.7. The Hall–Kier alpha value is -2.55. The average Bonchev–Trinajstić information content (AvgIpc) is 2.52. The van der Waals surface area contributed by atoms with Crippen molar-refractivity contribution in [3.8, 4) is 11.3 Å². The van der Waals surface area contributed by atoms with E-state index in [-0.39, 0.29) is 0 Å². The summed E-state index contributed by atoms with van der Waals surface area (Å²) in [7, 11) is 0. The van der Waals surface area contributed by atoms with Crippen LogP contribution >= 0.6 is 0 Å². The largest absolute Gasteiger partial charge is 0.294 e. The number of pyridine rings is 1. The second-order valence-corrected chi connectivity index (χ2v) is 5.00. The Morgan fingerprint density at radius 3 is 2.86 bits per heavy atom. The smallest absolute Gasteiger partial charge is 0.0731 e. The van der Waals surface area contributed by atoms with E-state index >= 15 is 0 Å². The van der Waals surface area contributed by atoms with Gasteiger partial charge in [0.2, 0.25) is 0 Å². The van der Waals surface area contributed by atoms with Crippen molar-refractivity contribution in [3.05, 3.63) is 60.3 Å². The molecule has 0 unspecified atom stereocenters. The number of aliphatic imine (C=N–C) groups is 2. The Morgan fingerprint density at radius 1 is 1.23 bits per heavy atom. The topological polar surface area (TPSA) is 37.6 Å². The van der Waals surface area contributed by atoms with Crippen molar-refractivity contribution in [2.75, 3.05) is 6.54 Å². The normalized spacial score (nSPS) is 12.4. The van der Waals surface area contributed by atoms with Gasteiger partial charge in [-0.15, -0.1) is 0 Å². The van der Waals surface area contributed by atoms with E-state index in [2.05, 4.69) is 40.1 Å². The molecule has 0 N–H and O–H groups in total. The van der Waals surface area contributed by atoms with Crippen LogP contribution in [0.25, 0.3) is 11.3 Å². The van der Waals surface area contributed by atoms with E-state index in [0.29, 0.717) is 6.54 Å². The van der Waals surface area contributed by atoms with Crippen LogP contribution in [0.15, 0.2) is 64.7 Å². The fraction of sp³-hybridized carbons (Fsp3) is 0.211. The van der Waals surface area contributed by atoms with Crippen LogP contribution in [0.3, 0.4) is 0 Å². The number of aryl methyl sites for hydroxylation is 1. The van der Waals surface area contributed by atoms with Crippen LogP contribution in [0.5, 0.6) is 0 Å². The summed E-state index contributed by atoms with van der Waals surface area (Å²) < 4.78 is 0. The van der Waals surface area contributed by atoms with E-state index in [9.17, 15) is 0 Å². The van der Waals surface area contributed by atoms with Crippen molar-refractivity contribution in [1.29, 1.82) is 0 Å². The number of hydrogen-bond acceptors (Lipinski definition) is 3. The summed E-state index contributed by atoms with van der Waals surface area (Å²) in [6, 6.07) is 12.2. The number of nitrogens with zero attached hydrogens (tertiary/aromatic N) is 3. The lowest BCUT2D eigenvalue weighted by atomic mass is 10.1. The molecule has 2 aromatic rings. The molecule has 3 nitrogen and oxygen atoms in total. The average molecular weight is 291 g/mol. The molecular weight excluding hydrogens is 270 g/mol. The molecule has 0 atom stereocenters. The Morgan fingerprint density at radius 2 is 2.09 bits per heavy atom. The van der Waals surface area contributed by atoms with Crippen molar-refractivity contribution < 1.29 is 0 Å². The zero-order valence-corrected chi connectivity index (χ0v) is 13.3. The molecule has 3 heteroatoms. The first-order valence-electron chi connectivity index (χ1n) is 7.39. The van der Waals surface area contributed by atoms with Crippen molar-refractivity contribution in [3.63, 3.8) is 0 Å². The third-order valence-electron chi connectivity index (χ3n) is 3.19. The lowest BCUT2D eigenvalue weighted by molar-refractivity contribution is 1.25. The minimum atomic E-state index is 0.691. The minimum absolute atomic E-state index is 0.691. The van der Waals surface area contributed by atoms with Gasteiger partial charge in [-0.25, -0.2) is 0 Å². The molecule has 0 aliphatic carbocycles. The van der Waals surface area contributed by atoms with Crippen LogP contribution < -0.4 is 0 Å². The molecule has 0 bridgehead atoms. The first-order chi connectivity index (χ1) is 10.7. The van der Waals surface area contributed by atoms with Crippen LogP contribution in [-0.2, 0) is 0 Å². The van der Waals surface area contributed by atoms with Gasteiger partial charge in [0.05, 0.1) is 17.9 Å². The Bertz CT molecular complexity index is 712. The fourth-order valence-electron chi connectivity index (χ4n) is 2.14. The lowest BCUT2D eigenvalue weighted by Crippen LogP contribution is -1.88. The van der Waals surface area contributed by atoms with E-state index in [1.54, 1.807) is 6.21 Å². The summed E-state index contributed by atoms with van der Waals surface area (Å²) >= 11 is 0. The Labute approximate surface area is 132 Å². The Balaban J connectivity index is 2.22. The summed E-state index contributed by atoms with van der Waals surface area (Å²) in [5.41, 5.74) is 5.15. The second-order valence-electron chi connectivity index (χ2n) is 5.00. The molecule has 0 aliphatic heterocycles. The van der Waals surface area contributed by atoms with Crippen molar-refractivity contribution in [1.82, 2.24) is 4.98 Å². The molecule has 2 rings (SSSR count). The summed E-state index contributed by atoms with van der Waals surface area (Å²) in [6.45, 7) is 6.67. The summed E-state index contributed by atoms with van der Waals surface area (Å²) in [5, 5.41) is 0. The van der Waals surface area contributed by atoms with Crippen LogP contribution in [0.1, 0.15) is 19.4 Å². The van der Waals surface area contributed by atoms with E-state index in [1.165, 1.54) is 0 Å². The van der Waals surface area contributed by atoms with E-state index < -0.39 is 0 Å². The highest BCUT2D eigenvalue weighted by Crippen LogP contribution is 2.25. The molecule has 0 radical (unpaired) electrons. The quantitative estimate of drug-likeness (QED) is 0.729. The molecular formula is C19H21N3. The zero-order valence-electron chi connectivity index (χ0n) is 13.3. The van der Waals surface area contributed by atoms with Crippen molar-refractivity contribution in [2.24, 2.45) is 9.98 Å². The second kappa shape index (κ2) is 8.03. The van der Waals surface area contributed by atoms with Gasteiger partial charge >= 0.3 is 0 Å². The summed E-state index contributed by atoms with van der Waals surface area (Å²) in [4.78, 5) is 13.2. The number of rotatable bonds is 5. The molecule has 0 fully saturated rings. The standard InChI is InChI=1S/C19H21N3/c1-4-20-12-7-9-16(3)22-18-11-5-10-17(14-18)19-15(2)8-6-13-21-19/h4-11,13-14H,12H2,1-3H3/b9-7+,20-4?,22-16?. The zero-order chi connectivity index (χ0) is 15.8. The number of hydrogen-bond donors (Lipinski definition) is 0. The van der Waals surface area contributed by atoms with Crippen LogP contribution in [0.2, 0.25) is 0 Å². The van der Waals surface area contributed by atoms with Gasteiger partial charge < -0.3 is 0 Å². The van der Waals surface area contributed by atoms with E-state index in [0.717, 1.165) is 28.2 Å². The third kappa shape index (κ3) is 4.48. The molecule has 112 valence electrons. The maximum Gasteiger partial charge on any atom is 0.0731 e. The van der Waals surface area contributed by atoms with Crippen molar-refractivity contribution in [2.45, 2.75) is 20.8 Å². The SMILES string of the molecule is CC=NC/C=C/C(C)=Nc1cccc(-c2ncccc2C)c1. The number of aromatic nitrogens is 1. The molecule has 0 amide bonds. The minimum Gasteiger partial charge on any atom is -0.294 e. The van der Waals surface area contributed by atoms with E-state index in [4.69, 9.17) is 0 Å². The molecule has 1 heterocycles. The molecule has 0 saturated heterocycles. The van der Waals surface area contributed by atoms with Gasteiger partial charge in [-0.3, -0.25) is 15.0 Å². The van der Waals surface area contributed by atoms with Crippen LogP contribution in [-0.4, -0.2) is 23.5 Å². The number of benzene rings is 1. The first-order valence-corrected chi connectivity index (χ1v) is 7.39.